The SMILES string of the molecule is CCOc1cc(C(=S)N2CCCC2)ccc1OCC(=O)Nc1cccc(Cl)c1C. The second kappa shape index (κ2) is 9.94. The number of benzene rings is 2. The van der Waals surface area contributed by atoms with Crippen molar-refractivity contribution in [3.8, 4) is 11.5 Å². The highest BCUT2D eigenvalue weighted by atomic mass is 35.5. The number of hydrogen-bond donors (Lipinski definition) is 1. The molecule has 1 heterocycles. The summed E-state index contributed by atoms with van der Waals surface area (Å²) >= 11 is 11.7. The van der Waals surface area contributed by atoms with Crippen molar-refractivity contribution in [3.05, 3.63) is 52.5 Å². The number of carbonyl (C=O) groups excluding carboxylic acids is 1. The number of nitrogens with one attached hydrogen (secondary N) is 1. The molecule has 1 aliphatic rings. The van der Waals surface area contributed by atoms with Crippen molar-refractivity contribution >= 4 is 40.4 Å². The van der Waals surface area contributed by atoms with E-state index in [0.717, 1.165) is 29.2 Å². The fraction of sp³-hybridized carbons (Fsp3) is 0.364. The summed E-state index contributed by atoms with van der Waals surface area (Å²) in [6.07, 6.45) is 2.34. The van der Waals surface area contributed by atoms with Crippen LogP contribution in [0.15, 0.2) is 36.4 Å². The smallest absolute Gasteiger partial charge is 0.262 e. The Morgan fingerprint density at radius 3 is 2.66 bits per heavy atom. The van der Waals surface area contributed by atoms with Gasteiger partial charge in [0.2, 0.25) is 0 Å². The summed E-state index contributed by atoms with van der Waals surface area (Å²) in [4.78, 5) is 15.4. The van der Waals surface area contributed by atoms with E-state index in [1.165, 1.54) is 12.8 Å². The normalized spacial score (nSPS) is 13.3. The Morgan fingerprint density at radius 2 is 1.93 bits per heavy atom. The third-order valence-corrected chi connectivity index (χ3v) is 5.69. The van der Waals surface area contributed by atoms with E-state index in [1.807, 2.05) is 26.0 Å². The number of amides is 1. The molecule has 2 aromatic carbocycles. The molecule has 1 aliphatic heterocycles. The molecule has 0 aliphatic carbocycles. The maximum atomic E-state index is 12.3. The van der Waals surface area contributed by atoms with Gasteiger partial charge in [0.05, 0.1) is 6.61 Å². The molecule has 5 nitrogen and oxygen atoms in total. The summed E-state index contributed by atoms with van der Waals surface area (Å²) < 4.78 is 11.5. The molecule has 1 saturated heterocycles. The van der Waals surface area contributed by atoms with Crippen molar-refractivity contribution in [1.82, 2.24) is 4.90 Å². The van der Waals surface area contributed by atoms with Crippen LogP contribution in [-0.4, -0.2) is 42.1 Å². The lowest BCUT2D eigenvalue weighted by Gasteiger charge is -2.20. The van der Waals surface area contributed by atoms with Gasteiger partial charge in [0.25, 0.3) is 5.91 Å². The lowest BCUT2D eigenvalue weighted by molar-refractivity contribution is -0.118. The zero-order chi connectivity index (χ0) is 20.8. The highest BCUT2D eigenvalue weighted by Gasteiger charge is 2.18. The van der Waals surface area contributed by atoms with Crippen molar-refractivity contribution in [1.29, 1.82) is 0 Å². The molecule has 1 amide bonds. The Morgan fingerprint density at radius 1 is 1.17 bits per heavy atom. The van der Waals surface area contributed by atoms with Crippen LogP contribution >= 0.6 is 23.8 Å². The van der Waals surface area contributed by atoms with Gasteiger partial charge in [-0.1, -0.05) is 29.9 Å². The first-order chi connectivity index (χ1) is 14.0. The number of ether oxygens (including phenoxy) is 2. The molecule has 2 aromatic rings. The first-order valence-corrected chi connectivity index (χ1v) is 10.5. The zero-order valence-corrected chi connectivity index (χ0v) is 18.2. The highest BCUT2D eigenvalue weighted by Crippen LogP contribution is 2.30. The molecule has 0 radical (unpaired) electrons. The summed E-state index contributed by atoms with van der Waals surface area (Å²) in [5.41, 5.74) is 2.41. The van der Waals surface area contributed by atoms with Gasteiger partial charge in [-0.15, -0.1) is 0 Å². The monoisotopic (exact) mass is 432 g/mol. The van der Waals surface area contributed by atoms with E-state index in [4.69, 9.17) is 33.3 Å². The Kier molecular flexibility index (Phi) is 7.34. The van der Waals surface area contributed by atoms with E-state index in [9.17, 15) is 4.79 Å². The van der Waals surface area contributed by atoms with Crippen LogP contribution in [-0.2, 0) is 4.79 Å². The fourth-order valence-electron chi connectivity index (χ4n) is 3.20. The van der Waals surface area contributed by atoms with Gasteiger partial charge in [-0.2, -0.15) is 0 Å². The van der Waals surface area contributed by atoms with Crippen LogP contribution in [0.3, 0.4) is 0 Å². The molecule has 1 fully saturated rings. The highest BCUT2D eigenvalue weighted by molar-refractivity contribution is 7.80. The maximum absolute atomic E-state index is 12.3. The average Bonchev–Trinajstić information content (AvgIpc) is 3.25. The second-order valence-electron chi connectivity index (χ2n) is 6.84. The molecule has 0 bridgehead atoms. The molecular weight excluding hydrogens is 408 g/mol. The van der Waals surface area contributed by atoms with Gasteiger partial charge in [-0.05, 0) is 62.6 Å². The van der Waals surface area contributed by atoms with E-state index in [1.54, 1.807) is 24.3 Å². The van der Waals surface area contributed by atoms with Gasteiger partial charge in [-0.25, -0.2) is 0 Å². The number of hydrogen-bond acceptors (Lipinski definition) is 4. The zero-order valence-electron chi connectivity index (χ0n) is 16.7. The van der Waals surface area contributed by atoms with Crippen LogP contribution < -0.4 is 14.8 Å². The van der Waals surface area contributed by atoms with Crippen LogP contribution in [0.25, 0.3) is 0 Å². The molecule has 0 aromatic heterocycles. The third kappa shape index (κ3) is 5.40. The number of thiocarbonyl (C=S) groups is 1. The van der Waals surface area contributed by atoms with Crippen molar-refractivity contribution in [2.24, 2.45) is 0 Å². The lowest BCUT2D eigenvalue weighted by atomic mass is 10.2. The number of anilines is 1. The molecule has 1 N–H and O–H groups in total. The molecule has 7 heteroatoms. The molecule has 29 heavy (non-hydrogen) atoms. The topological polar surface area (TPSA) is 50.8 Å². The quantitative estimate of drug-likeness (QED) is 0.634. The van der Waals surface area contributed by atoms with Gasteiger partial charge in [0, 0.05) is 29.4 Å². The largest absolute Gasteiger partial charge is 0.490 e. The first-order valence-electron chi connectivity index (χ1n) is 9.73. The number of rotatable bonds is 7. The van der Waals surface area contributed by atoms with Gasteiger partial charge >= 0.3 is 0 Å². The van der Waals surface area contributed by atoms with Crippen LogP contribution in [0.1, 0.15) is 30.9 Å². The van der Waals surface area contributed by atoms with E-state index < -0.39 is 0 Å². The number of likely N-dealkylation sites (tertiary alicyclic amines) is 1. The number of nitrogens with zero attached hydrogens (tertiary/aromatic N) is 1. The molecule has 3 rings (SSSR count). The summed E-state index contributed by atoms with van der Waals surface area (Å²) in [5, 5.41) is 3.43. The molecule has 0 atom stereocenters. The standard InChI is InChI=1S/C22H25ClN2O3S/c1-3-27-20-13-16(22(29)25-11-4-5-12-25)9-10-19(20)28-14-21(26)24-18-8-6-7-17(23)15(18)2/h6-10,13H,3-5,11-12,14H2,1-2H3,(H,24,26). The average molecular weight is 433 g/mol. The summed E-state index contributed by atoms with van der Waals surface area (Å²) in [6, 6.07) is 11.0. The van der Waals surface area contributed by atoms with Gasteiger partial charge in [0.15, 0.2) is 18.1 Å². The van der Waals surface area contributed by atoms with Crippen molar-refractivity contribution in [3.63, 3.8) is 0 Å². The summed E-state index contributed by atoms with van der Waals surface area (Å²) in [6.45, 7) is 6.10. The molecule has 0 saturated carbocycles. The number of carbonyl (C=O) groups is 1. The van der Waals surface area contributed by atoms with Crippen LogP contribution in [0.2, 0.25) is 5.02 Å². The second-order valence-corrected chi connectivity index (χ2v) is 7.64. The van der Waals surface area contributed by atoms with E-state index in [0.29, 0.717) is 28.8 Å². The van der Waals surface area contributed by atoms with Crippen molar-refractivity contribution < 1.29 is 14.3 Å². The Bertz CT molecular complexity index is 898. The minimum atomic E-state index is -0.269. The maximum Gasteiger partial charge on any atom is 0.262 e. The minimum absolute atomic E-state index is 0.137. The van der Waals surface area contributed by atoms with Gasteiger partial charge in [0.1, 0.15) is 4.99 Å². The molecule has 154 valence electrons. The lowest BCUT2D eigenvalue weighted by Crippen LogP contribution is -2.26. The Labute approximate surface area is 181 Å². The van der Waals surface area contributed by atoms with Crippen molar-refractivity contribution in [2.45, 2.75) is 26.7 Å². The van der Waals surface area contributed by atoms with E-state index >= 15 is 0 Å². The summed E-state index contributed by atoms with van der Waals surface area (Å²) in [7, 11) is 0. The Balaban J connectivity index is 1.67. The predicted octanol–water partition coefficient (Wildman–Crippen LogP) is 4.84. The van der Waals surface area contributed by atoms with Crippen LogP contribution in [0, 0.1) is 6.92 Å². The predicted molar refractivity (Wildman–Crippen MR) is 120 cm³/mol. The molecular formula is C22H25ClN2O3S. The van der Waals surface area contributed by atoms with Crippen molar-refractivity contribution in [2.75, 3.05) is 31.6 Å². The number of halogens is 1. The minimum Gasteiger partial charge on any atom is -0.490 e. The van der Waals surface area contributed by atoms with Crippen LogP contribution in [0.4, 0.5) is 5.69 Å². The first kappa shape index (κ1) is 21.4. The van der Waals surface area contributed by atoms with E-state index in [-0.39, 0.29) is 12.5 Å². The van der Waals surface area contributed by atoms with Crippen LogP contribution in [0.5, 0.6) is 11.5 Å². The Hall–Kier alpha value is -2.31. The fourth-order valence-corrected chi connectivity index (χ4v) is 3.69. The van der Waals surface area contributed by atoms with Gasteiger partial charge in [-0.3, -0.25) is 4.79 Å². The molecule has 0 spiro atoms. The molecule has 0 unspecified atom stereocenters. The third-order valence-electron chi connectivity index (χ3n) is 4.78. The van der Waals surface area contributed by atoms with E-state index in [2.05, 4.69) is 10.2 Å². The van der Waals surface area contributed by atoms with Gasteiger partial charge < -0.3 is 19.7 Å². The summed E-state index contributed by atoms with van der Waals surface area (Å²) in [5.74, 6) is 0.825.